The van der Waals surface area contributed by atoms with Crippen molar-refractivity contribution in [3.63, 3.8) is 0 Å². The van der Waals surface area contributed by atoms with E-state index in [2.05, 4.69) is 87.5 Å². The Labute approximate surface area is 126 Å². The van der Waals surface area contributed by atoms with Crippen LogP contribution in [-0.4, -0.2) is 0 Å². The van der Waals surface area contributed by atoms with Crippen LogP contribution in [0.4, 0.5) is 0 Å². The minimum Gasteiger partial charge on any atom is -0.0871 e. The van der Waals surface area contributed by atoms with Gasteiger partial charge in [0.15, 0.2) is 0 Å². The van der Waals surface area contributed by atoms with Crippen molar-refractivity contribution < 1.29 is 0 Å². The van der Waals surface area contributed by atoms with E-state index in [9.17, 15) is 0 Å². The average Bonchev–Trinajstić information content (AvgIpc) is 2.48. The molecule has 0 bridgehead atoms. The SMILES string of the molecule is C/C=C\c1cc2c(-c3cccc(C)c3)cccc2cc1C. The Hall–Kier alpha value is -2.34. The van der Waals surface area contributed by atoms with E-state index in [1.165, 1.54) is 38.6 Å². The lowest BCUT2D eigenvalue weighted by molar-refractivity contribution is 1.46. The van der Waals surface area contributed by atoms with Crippen LogP contribution in [0.3, 0.4) is 0 Å². The maximum Gasteiger partial charge on any atom is -0.00993 e. The first-order chi connectivity index (χ1) is 10.2. The minimum atomic E-state index is 1.29. The number of hydrogen-bond donors (Lipinski definition) is 0. The number of fused-ring (bicyclic) bond motifs is 1. The van der Waals surface area contributed by atoms with Gasteiger partial charge in [0.1, 0.15) is 0 Å². The molecule has 0 saturated carbocycles. The molecular formula is C21H20. The van der Waals surface area contributed by atoms with Crippen LogP contribution in [0.5, 0.6) is 0 Å². The van der Waals surface area contributed by atoms with Gasteiger partial charge >= 0.3 is 0 Å². The number of hydrogen-bond acceptors (Lipinski definition) is 0. The highest BCUT2D eigenvalue weighted by atomic mass is 14.1. The van der Waals surface area contributed by atoms with Gasteiger partial charge in [0.05, 0.1) is 0 Å². The van der Waals surface area contributed by atoms with E-state index < -0.39 is 0 Å². The lowest BCUT2D eigenvalue weighted by atomic mass is 9.94. The van der Waals surface area contributed by atoms with E-state index >= 15 is 0 Å². The molecule has 0 aliphatic heterocycles. The fraction of sp³-hybridized carbons (Fsp3) is 0.143. The van der Waals surface area contributed by atoms with E-state index in [1.54, 1.807) is 0 Å². The molecule has 0 radical (unpaired) electrons. The van der Waals surface area contributed by atoms with E-state index in [0.717, 1.165) is 0 Å². The average molecular weight is 272 g/mol. The molecule has 0 heteroatoms. The van der Waals surface area contributed by atoms with Crippen LogP contribution < -0.4 is 0 Å². The predicted molar refractivity (Wildman–Crippen MR) is 93.6 cm³/mol. The van der Waals surface area contributed by atoms with Crippen LogP contribution in [0.25, 0.3) is 28.0 Å². The molecule has 104 valence electrons. The number of benzene rings is 3. The molecule has 0 fully saturated rings. The van der Waals surface area contributed by atoms with E-state index in [1.807, 2.05) is 0 Å². The maximum atomic E-state index is 2.31. The van der Waals surface area contributed by atoms with Crippen molar-refractivity contribution in [3.05, 3.63) is 77.4 Å². The first kappa shape index (κ1) is 13.6. The zero-order chi connectivity index (χ0) is 14.8. The van der Waals surface area contributed by atoms with Crippen molar-refractivity contribution in [1.82, 2.24) is 0 Å². The normalized spacial score (nSPS) is 11.4. The van der Waals surface area contributed by atoms with Gasteiger partial charge in [-0.3, -0.25) is 0 Å². The van der Waals surface area contributed by atoms with Crippen molar-refractivity contribution in [1.29, 1.82) is 0 Å². The number of rotatable bonds is 2. The molecule has 0 unspecified atom stereocenters. The summed E-state index contributed by atoms with van der Waals surface area (Å²) in [6.45, 7) is 6.38. The van der Waals surface area contributed by atoms with E-state index in [-0.39, 0.29) is 0 Å². The summed E-state index contributed by atoms with van der Waals surface area (Å²) in [5.74, 6) is 0. The van der Waals surface area contributed by atoms with Crippen molar-refractivity contribution in [2.75, 3.05) is 0 Å². The minimum absolute atomic E-state index is 1.29. The molecule has 3 aromatic rings. The molecule has 0 aliphatic rings. The Kier molecular flexibility index (Phi) is 3.62. The molecule has 21 heavy (non-hydrogen) atoms. The Morgan fingerprint density at radius 1 is 0.857 bits per heavy atom. The first-order valence-corrected chi connectivity index (χ1v) is 7.42. The molecular weight excluding hydrogens is 252 g/mol. The van der Waals surface area contributed by atoms with Crippen LogP contribution in [0.15, 0.2) is 60.7 Å². The smallest absolute Gasteiger partial charge is 0.00993 e. The molecule has 0 saturated heterocycles. The molecule has 0 spiro atoms. The topological polar surface area (TPSA) is 0 Å². The summed E-state index contributed by atoms with van der Waals surface area (Å²) in [6.07, 6.45) is 4.28. The highest BCUT2D eigenvalue weighted by Gasteiger charge is 2.06. The molecule has 0 nitrogen and oxygen atoms in total. The second-order valence-electron chi connectivity index (χ2n) is 5.60. The molecule has 0 aromatic heterocycles. The highest BCUT2D eigenvalue weighted by molar-refractivity contribution is 5.98. The second-order valence-corrected chi connectivity index (χ2v) is 5.60. The summed E-state index contributed by atoms with van der Waals surface area (Å²) in [4.78, 5) is 0. The van der Waals surface area contributed by atoms with Crippen molar-refractivity contribution in [2.24, 2.45) is 0 Å². The summed E-state index contributed by atoms with van der Waals surface area (Å²) in [6, 6.07) is 19.9. The van der Waals surface area contributed by atoms with Gasteiger partial charge in [-0.15, -0.1) is 0 Å². The zero-order valence-electron chi connectivity index (χ0n) is 12.9. The zero-order valence-corrected chi connectivity index (χ0v) is 12.9. The van der Waals surface area contributed by atoms with E-state index in [4.69, 9.17) is 0 Å². The molecule has 0 atom stereocenters. The van der Waals surface area contributed by atoms with E-state index in [0.29, 0.717) is 0 Å². The Balaban J connectivity index is 2.30. The van der Waals surface area contributed by atoms with Crippen molar-refractivity contribution in [3.8, 4) is 11.1 Å². The summed E-state index contributed by atoms with van der Waals surface area (Å²) >= 11 is 0. The van der Waals surface area contributed by atoms with Gasteiger partial charge in [0.2, 0.25) is 0 Å². The summed E-state index contributed by atoms with van der Waals surface area (Å²) < 4.78 is 0. The van der Waals surface area contributed by atoms with Crippen LogP contribution in [0, 0.1) is 13.8 Å². The fourth-order valence-corrected chi connectivity index (χ4v) is 2.88. The molecule has 0 amide bonds. The maximum absolute atomic E-state index is 2.31. The lowest BCUT2D eigenvalue weighted by Gasteiger charge is -2.10. The third-order valence-corrected chi connectivity index (χ3v) is 3.94. The van der Waals surface area contributed by atoms with Crippen LogP contribution in [0.1, 0.15) is 23.6 Å². The fourth-order valence-electron chi connectivity index (χ4n) is 2.88. The van der Waals surface area contributed by atoms with Gasteiger partial charge in [-0.2, -0.15) is 0 Å². The highest BCUT2D eigenvalue weighted by Crippen LogP contribution is 2.31. The third kappa shape index (κ3) is 2.62. The second kappa shape index (κ2) is 5.57. The largest absolute Gasteiger partial charge is 0.0871 e. The summed E-state index contributed by atoms with van der Waals surface area (Å²) in [5, 5.41) is 2.63. The number of allylic oxidation sites excluding steroid dienone is 1. The molecule has 0 N–H and O–H groups in total. The Morgan fingerprint density at radius 3 is 2.43 bits per heavy atom. The van der Waals surface area contributed by atoms with Crippen LogP contribution in [-0.2, 0) is 0 Å². The van der Waals surface area contributed by atoms with Crippen molar-refractivity contribution in [2.45, 2.75) is 20.8 Å². The molecule has 3 aromatic carbocycles. The summed E-state index contributed by atoms with van der Waals surface area (Å²) in [7, 11) is 0. The standard InChI is InChI=1S/C21H20/c1-4-7-17-14-21-19(13-16(17)3)10-6-11-20(21)18-9-5-8-15(2)12-18/h4-14H,1-3H3/b7-4-. The molecule has 0 heterocycles. The predicted octanol–water partition coefficient (Wildman–Crippen LogP) is 6.16. The van der Waals surface area contributed by atoms with Gasteiger partial charge in [-0.05, 0) is 59.9 Å². The van der Waals surface area contributed by atoms with Crippen molar-refractivity contribution >= 4 is 16.8 Å². The van der Waals surface area contributed by atoms with Gasteiger partial charge < -0.3 is 0 Å². The number of aryl methyl sites for hydroxylation is 2. The van der Waals surface area contributed by atoms with Gasteiger partial charge in [0, 0.05) is 0 Å². The first-order valence-electron chi connectivity index (χ1n) is 7.42. The Morgan fingerprint density at radius 2 is 1.67 bits per heavy atom. The third-order valence-electron chi connectivity index (χ3n) is 3.94. The molecule has 3 rings (SSSR count). The van der Waals surface area contributed by atoms with Crippen LogP contribution in [0.2, 0.25) is 0 Å². The van der Waals surface area contributed by atoms with Gasteiger partial charge in [-0.25, -0.2) is 0 Å². The summed E-state index contributed by atoms with van der Waals surface area (Å²) in [5.41, 5.74) is 6.51. The van der Waals surface area contributed by atoms with Crippen LogP contribution >= 0.6 is 0 Å². The lowest BCUT2D eigenvalue weighted by Crippen LogP contribution is -1.86. The van der Waals surface area contributed by atoms with Gasteiger partial charge in [0.25, 0.3) is 0 Å². The van der Waals surface area contributed by atoms with Gasteiger partial charge in [-0.1, -0.05) is 66.2 Å². The Bertz CT molecular complexity index is 823. The molecule has 0 aliphatic carbocycles. The quantitative estimate of drug-likeness (QED) is 0.524. The monoisotopic (exact) mass is 272 g/mol.